The van der Waals surface area contributed by atoms with Crippen molar-refractivity contribution < 1.29 is 0 Å². The van der Waals surface area contributed by atoms with Crippen LogP contribution in [0.3, 0.4) is 0 Å². The Kier molecular flexibility index (Phi) is 34.7. The third kappa shape index (κ3) is 27.8. The van der Waals surface area contributed by atoms with Gasteiger partial charge >= 0.3 is 0 Å². The van der Waals surface area contributed by atoms with Crippen LogP contribution in [0.5, 0.6) is 0 Å². The fraction of sp³-hybridized carbons (Fsp3) is 0.226. The zero-order valence-electron chi connectivity index (χ0n) is 85.5. The number of unbranched alkanes of at least 4 members (excludes halogenated alkanes) is 8. The number of rotatable bonds is 32. The van der Waals surface area contributed by atoms with E-state index in [1.807, 2.05) is 256 Å². The average molecular weight is 1950 g/mol. The van der Waals surface area contributed by atoms with Crippen molar-refractivity contribution >= 4 is 0 Å². The number of hydrogen-bond donors (Lipinski definition) is 0. The van der Waals surface area contributed by atoms with E-state index in [4.69, 9.17) is 79.7 Å². The van der Waals surface area contributed by atoms with E-state index in [1.54, 1.807) is 37.2 Å². The minimum absolute atomic E-state index is 0.00579. The van der Waals surface area contributed by atoms with Gasteiger partial charge in [-0.05, 0) is 206 Å². The highest BCUT2D eigenvalue weighted by Crippen LogP contribution is 2.35. The molecule has 0 atom stereocenters. The Labute approximate surface area is 866 Å². The fourth-order valence-electron chi connectivity index (χ4n) is 16.2. The maximum atomic E-state index is 4.84. The summed E-state index contributed by atoms with van der Waals surface area (Å²) < 4.78 is 0. The molecule has 20 aromatic rings. The third-order valence-electron chi connectivity index (χ3n) is 25.0. The van der Waals surface area contributed by atoms with Gasteiger partial charge in [-0.3, -0.25) is 59.8 Å². The molecule has 0 aliphatic carbocycles. The molecule has 0 spiro atoms. The van der Waals surface area contributed by atoms with Crippen LogP contribution >= 0.6 is 0 Å². The average Bonchev–Trinajstić information content (AvgIpc) is 0.807. The maximum Gasteiger partial charge on any atom is 0.182 e. The van der Waals surface area contributed by atoms with Crippen molar-refractivity contribution in [2.24, 2.45) is 0 Å². The number of hydrogen-bond acceptors (Lipinski definition) is 24. The lowest BCUT2D eigenvalue weighted by Gasteiger charge is -2.18. The van der Waals surface area contributed by atoms with E-state index in [-0.39, 0.29) is 10.8 Å². The lowest BCUT2D eigenvalue weighted by atomic mass is 9.88. The summed E-state index contributed by atoms with van der Waals surface area (Å²) >= 11 is 0. The van der Waals surface area contributed by atoms with Gasteiger partial charge in [-0.1, -0.05) is 266 Å². The van der Waals surface area contributed by atoms with Crippen LogP contribution in [0.2, 0.25) is 0 Å². The molecule has 148 heavy (non-hydrogen) atoms. The summed E-state index contributed by atoms with van der Waals surface area (Å²) in [6.07, 6.45) is 44.0. The first-order valence-corrected chi connectivity index (χ1v) is 51.1. The molecule has 0 saturated heterocycles. The predicted molar refractivity (Wildman–Crippen MR) is 590 cm³/mol. The van der Waals surface area contributed by atoms with Gasteiger partial charge in [0.25, 0.3) is 0 Å². The van der Waals surface area contributed by atoms with Crippen molar-refractivity contribution in [2.45, 2.75) is 183 Å². The van der Waals surface area contributed by atoms with E-state index in [0.29, 0.717) is 81.3 Å². The molecule has 24 nitrogen and oxygen atoms in total. The van der Waals surface area contributed by atoms with E-state index < -0.39 is 0 Å². The summed E-state index contributed by atoms with van der Waals surface area (Å²) in [6, 6.07) is 88.5. The topological polar surface area (TPSA) is 309 Å². The van der Waals surface area contributed by atoms with Crippen molar-refractivity contribution in [3.05, 3.63) is 387 Å². The highest BCUT2D eigenvalue weighted by Gasteiger charge is 2.24. The number of aryl methyl sites for hydroxylation is 4. The van der Waals surface area contributed by atoms with Crippen LogP contribution in [0.15, 0.2) is 354 Å². The standard InChI is InChI=1S/C36H40N6.2C32H32N6.C24H16N6/c1-3-5-7-10-14-27-18-21-32(37-24-27)35-40-34(30-20-23-31(39-26-30)29-16-12-9-13-17-29)41-36(42-35)33-22-19-28(25-38-33)15-11-8-6-4-2;1-31(2,3)23-13-16-26(34-19-23)29-36-28(22-12-15-25(33-18-22)21-10-8-7-9-11-21)37-30(38-29)27-17-14-24(20-35-27)32(4,5)6;1-3-5-12-27-17-14-24(20-33-27)30-36-31(25-15-18-28(34-21-25)13-6-4-2)38-32(37-30)26-16-19-29(35-22-26)23-10-8-7-9-11-23;1-2-4-17(5-3-1)21-7-6-20(16-27-21)24-29-22(18-8-12-25-13-9-18)28-23(30-24)19-10-14-26-15-11-19/h9,12-13,16-26H,3-8,10-11,14-15H2,1-2H3;7-20H,1-6H3;7-11,14-22H,3-6,12-13H2,1-2H3;1-16H. The largest absolute Gasteiger partial charge is 0.265 e. The molecule has 16 heterocycles. The van der Waals surface area contributed by atoms with E-state index in [9.17, 15) is 0 Å². The van der Waals surface area contributed by atoms with Gasteiger partial charge in [-0.15, -0.1) is 0 Å². The molecule has 24 heteroatoms. The number of nitrogens with zero attached hydrogens (tertiary/aromatic N) is 24. The molecule has 0 unspecified atom stereocenters. The molecule has 0 N–H and O–H groups in total. The van der Waals surface area contributed by atoms with Gasteiger partial charge in [-0.25, -0.2) is 59.8 Å². The summed E-state index contributed by atoms with van der Waals surface area (Å²) in [6.45, 7) is 21.9. The van der Waals surface area contributed by atoms with Crippen molar-refractivity contribution in [3.8, 4) is 182 Å². The number of aromatic nitrogens is 24. The molecule has 0 saturated carbocycles. The normalized spacial score (nSPS) is 11.2. The Hall–Kier alpha value is -17.3. The first-order chi connectivity index (χ1) is 72.4. The van der Waals surface area contributed by atoms with Crippen LogP contribution in [0, 0.1) is 0 Å². The van der Waals surface area contributed by atoms with Crippen LogP contribution < -0.4 is 0 Å². The molecule has 16 aromatic heterocycles. The molecule has 0 bridgehead atoms. The molecular formula is C124H120N24. The molecule has 4 aromatic carbocycles. The highest BCUT2D eigenvalue weighted by atomic mass is 15.1. The van der Waals surface area contributed by atoms with Gasteiger partial charge in [0, 0.05) is 165 Å². The minimum Gasteiger partial charge on any atom is -0.265 e. The van der Waals surface area contributed by atoms with Gasteiger partial charge < -0.3 is 0 Å². The zero-order valence-corrected chi connectivity index (χ0v) is 85.5. The summed E-state index contributed by atoms with van der Waals surface area (Å²) in [5, 5.41) is 0. The molecule has 20 rings (SSSR count). The minimum atomic E-state index is 0.00579. The lowest BCUT2D eigenvalue weighted by molar-refractivity contribution is 0.587. The van der Waals surface area contributed by atoms with Gasteiger partial charge in [0.15, 0.2) is 69.9 Å². The van der Waals surface area contributed by atoms with Gasteiger partial charge in [0.2, 0.25) is 0 Å². The Morgan fingerprint density at radius 3 is 0.635 bits per heavy atom. The second-order valence-corrected chi connectivity index (χ2v) is 38.3. The Morgan fingerprint density at radius 1 is 0.169 bits per heavy atom. The Morgan fingerprint density at radius 2 is 0.405 bits per heavy atom. The van der Waals surface area contributed by atoms with Crippen LogP contribution in [-0.2, 0) is 36.5 Å². The monoisotopic (exact) mass is 1950 g/mol. The number of benzene rings is 4. The fourth-order valence-corrected chi connectivity index (χ4v) is 16.2. The van der Waals surface area contributed by atoms with E-state index in [2.05, 4.69) is 170 Å². The van der Waals surface area contributed by atoms with Gasteiger partial charge in [0.05, 0.1) is 22.8 Å². The molecule has 0 amide bonds. The molecule has 0 aliphatic heterocycles. The SMILES string of the molecule is CC(C)(C)c1ccc(-c2nc(-c3ccc(-c4ccccc4)nc3)nc(-c3ccc(C(C)(C)C)cn3)n2)nc1.CCCCCCc1ccc(-c2nc(-c3ccc(-c4ccccc4)nc3)nc(-c3ccc(CCCCCC)cn3)n2)nc1.CCCCc1ccc(-c2nc(-c3ccc(CCCC)nc3)nc(-c3ccc(-c4ccccc4)nc3)n2)cn1.c1ccc(-c2ccc(-c3nc(-c4ccncc4)nc(-c4ccncc4)n3)cn2)cc1. The summed E-state index contributed by atoms with van der Waals surface area (Å²) in [4.78, 5) is 112. The van der Waals surface area contributed by atoms with Gasteiger partial charge in [0.1, 0.15) is 22.8 Å². The van der Waals surface area contributed by atoms with E-state index in [1.165, 1.54) is 62.5 Å². The van der Waals surface area contributed by atoms with Crippen molar-refractivity contribution in [2.75, 3.05) is 0 Å². The molecular weight excluding hydrogens is 1830 g/mol. The van der Waals surface area contributed by atoms with E-state index >= 15 is 0 Å². The van der Waals surface area contributed by atoms with Crippen molar-refractivity contribution in [1.82, 2.24) is 120 Å². The first kappa shape index (κ1) is 102. The molecule has 0 aliphatic rings. The van der Waals surface area contributed by atoms with Crippen molar-refractivity contribution in [1.29, 1.82) is 0 Å². The summed E-state index contributed by atoms with van der Waals surface area (Å²) in [5.41, 5.74) is 24.3. The third-order valence-corrected chi connectivity index (χ3v) is 25.0. The van der Waals surface area contributed by atoms with E-state index in [0.717, 1.165) is 175 Å². The van der Waals surface area contributed by atoms with Crippen LogP contribution in [-0.4, -0.2) is 120 Å². The zero-order chi connectivity index (χ0) is 102. The maximum absolute atomic E-state index is 4.84. The molecule has 0 fully saturated rings. The quantitative estimate of drug-likeness (QED) is 0.0354. The molecule has 736 valence electrons. The summed E-state index contributed by atoms with van der Waals surface area (Å²) in [5.74, 6) is 6.62. The van der Waals surface area contributed by atoms with Crippen LogP contribution in [0.1, 0.15) is 180 Å². The first-order valence-electron chi connectivity index (χ1n) is 51.1. The lowest BCUT2D eigenvalue weighted by Crippen LogP contribution is -2.12. The smallest absolute Gasteiger partial charge is 0.182 e. The second-order valence-electron chi connectivity index (χ2n) is 38.3. The number of pyridine rings is 12. The highest BCUT2D eigenvalue weighted by molar-refractivity contribution is 5.73. The van der Waals surface area contributed by atoms with Crippen LogP contribution in [0.25, 0.3) is 182 Å². The van der Waals surface area contributed by atoms with Crippen molar-refractivity contribution in [3.63, 3.8) is 0 Å². The molecule has 0 radical (unpaired) electrons. The predicted octanol–water partition coefficient (Wildman–Crippen LogP) is 28.4. The second kappa shape index (κ2) is 50.3. The summed E-state index contributed by atoms with van der Waals surface area (Å²) in [7, 11) is 0. The van der Waals surface area contributed by atoms with Gasteiger partial charge in [-0.2, -0.15) is 0 Å². The van der Waals surface area contributed by atoms with Crippen LogP contribution in [0.4, 0.5) is 0 Å². The Bertz CT molecular complexity index is 7300. The Balaban J connectivity index is 0.000000135.